The Bertz CT molecular complexity index is 174. The van der Waals surface area contributed by atoms with Crippen LogP contribution in [0.2, 0.25) is 0 Å². The third kappa shape index (κ3) is 4.40. The molecule has 1 rings (SSSR count). The van der Waals surface area contributed by atoms with Crippen molar-refractivity contribution in [1.29, 1.82) is 0 Å². The van der Waals surface area contributed by atoms with Gasteiger partial charge < -0.3 is 10.2 Å². The maximum atomic E-state index is 3.51. The third-order valence-corrected chi connectivity index (χ3v) is 3.72. The molecule has 1 aliphatic heterocycles. The normalized spacial score (nSPS) is 21.6. The fraction of sp³-hybridized carbons (Fsp3) is 1.00. The Morgan fingerprint density at radius 1 is 1.31 bits per heavy atom. The summed E-state index contributed by atoms with van der Waals surface area (Å²) in [7, 11) is 4.40. The van der Waals surface area contributed by atoms with Crippen LogP contribution < -0.4 is 5.32 Å². The third-order valence-electron chi connectivity index (χ3n) is 3.72. The van der Waals surface area contributed by atoms with Crippen LogP contribution in [0.5, 0.6) is 0 Å². The molecule has 1 atom stereocenters. The predicted molar refractivity (Wildman–Crippen MR) is 70.9 cm³/mol. The van der Waals surface area contributed by atoms with Crippen molar-refractivity contribution in [1.82, 2.24) is 15.1 Å². The van der Waals surface area contributed by atoms with Gasteiger partial charge in [0.05, 0.1) is 0 Å². The first-order valence-corrected chi connectivity index (χ1v) is 6.76. The van der Waals surface area contributed by atoms with Crippen LogP contribution in [0, 0.1) is 0 Å². The van der Waals surface area contributed by atoms with Crippen molar-refractivity contribution in [2.75, 3.05) is 40.3 Å². The molecule has 3 heteroatoms. The molecule has 1 N–H and O–H groups in total. The average molecular weight is 227 g/mol. The zero-order chi connectivity index (χ0) is 12.0. The lowest BCUT2D eigenvalue weighted by Crippen LogP contribution is -2.48. The van der Waals surface area contributed by atoms with Gasteiger partial charge in [-0.3, -0.25) is 4.90 Å². The van der Waals surface area contributed by atoms with Gasteiger partial charge in [-0.1, -0.05) is 6.92 Å². The van der Waals surface area contributed by atoms with Gasteiger partial charge in [0.15, 0.2) is 0 Å². The Balaban J connectivity index is 2.19. The highest BCUT2D eigenvalue weighted by atomic mass is 15.2. The molecule has 0 aliphatic carbocycles. The van der Waals surface area contributed by atoms with Crippen LogP contribution in [-0.4, -0.2) is 62.2 Å². The van der Waals surface area contributed by atoms with E-state index in [9.17, 15) is 0 Å². The van der Waals surface area contributed by atoms with E-state index >= 15 is 0 Å². The summed E-state index contributed by atoms with van der Waals surface area (Å²) in [5.74, 6) is 0. The predicted octanol–water partition coefficient (Wildman–Crippen LogP) is 1.40. The molecule has 0 bridgehead atoms. The second-order valence-electron chi connectivity index (χ2n) is 5.28. The lowest BCUT2D eigenvalue weighted by atomic mass is 10.0. The molecule has 0 radical (unpaired) electrons. The van der Waals surface area contributed by atoms with Crippen molar-refractivity contribution in [3.8, 4) is 0 Å². The van der Waals surface area contributed by atoms with Gasteiger partial charge in [-0.2, -0.15) is 0 Å². The molecule has 1 heterocycles. The molecule has 1 unspecified atom stereocenters. The molecular formula is C13H29N3. The zero-order valence-corrected chi connectivity index (χ0v) is 11.5. The van der Waals surface area contributed by atoms with E-state index in [0.717, 1.165) is 19.1 Å². The van der Waals surface area contributed by atoms with Gasteiger partial charge in [0.1, 0.15) is 0 Å². The van der Waals surface area contributed by atoms with E-state index in [1.807, 2.05) is 0 Å². The quantitative estimate of drug-likeness (QED) is 0.692. The van der Waals surface area contributed by atoms with E-state index in [1.54, 1.807) is 0 Å². The largest absolute Gasteiger partial charge is 0.315 e. The Morgan fingerprint density at radius 2 is 1.94 bits per heavy atom. The maximum absolute atomic E-state index is 3.51. The highest BCUT2D eigenvalue weighted by molar-refractivity contribution is 4.80. The molecule has 0 aromatic rings. The zero-order valence-electron chi connectivity index (χ0n) is 11.5. The Morgan fingerprint density at radius 3 is 2.44 bits per heavy atom. The second-order valence-corrected chi connectivity index (χ2v) is 5.28. The van der Waals surface area contributed by atoms with Crippen LogP contribution in [0.15, 0.2) is 0 Å². The van der Waals surface area contributed by atoms with Gasteiger partial charge in [0.25, 0.3) is 0 Å². The van der Waals surface area contributed by atoms with Crippen LogP contribution in [0.4, 0.5) is 0 Å². The first-order valence-electron chi connectivity index (χ1n) is 6.76. The maximum Gasteiger partial charge on any atom is 0.0192 e. The fourth-order valence-corrected chi connectivity index (χ4v) is 2.46. The minimum absolute atomic E-state index is 0.690. The summed E-state index contributed by atoms with van der Waals surface area (Å²) in [6.45, 7) is 9.38. The molecule has 96 valence electrons. The standard InChI is InChI=1S/C13H29N3/c1-5-8-14-11-12(2)16-9-6-13(7-10-16)15(3)4/h12-14H,5-11H2,1-4H3. The highest BCUT2D eigenvalue weighted by Gasteiger charge is 2.23. The van der Waals surface area contributed by atoms with Gasteiger partial charge in [-0.05, 0) is 59.9 Å². The van der Waals surface area contributed by atoms with E-state index in [-0.39, 0.29) is 0 Å². The van der Waals surface area contributed by atoms with E-state index < -0.39 is 0 Å². The second kappa shape index (κ2) is 7.25. The monoisotopic (exact) mass is 227 g/mol. The summed E-state index contributed by atoms with van der Waals surface area (Å²) in [4.78, 5) is 5.00. The van der Waals surface area contributed by atoms with Crippen LogP contribution in [0.25, 0.3) is 0 Å². The molecule has 0 saturated carbocycles. The molecule has 3 nitrogen and oxygen atoms in total. The van der Waals surface area contributed by atoms with Crippen LogP contribution in [0.3, 0.4) is 0 Å². The smallest absolute Gasteiger partial charge is 0.0192 e. The Hall–Kier alpha value is -0.120. The number of likely N-dealkylation sites (tertiary alicyclic amines) is 1. The minimum atomic E-state index is 0.690. The highest BCUT2D eigenvalue weighted by Crippen LogP contribution is 2.15. The molecule has 16 heavy (non-hydrogen) atoms. The van der Waals surface area contributed by atoms with Gasteiger partial charge in [0, 0.05) is 18.6 Å². The average Bonchev–Trinajstić information content (AvgIpc) is 2.29. The molecule has 0 amide bonds. The van der Waals surface area contributed by atoms with Crippen molar-refractivity contribution >= 4 is 0 Å². The molecule has 1 fully saturated rings. The number of nitrogens with zero attached hydrogens (tertiary/aromatic N) is 2. The summed E-state index contributed by atoms with van der Waals surface area (Å²) in [6, 6.07) is 1.49. The Labute approximate surface area is 101 Å². The van der Waals surface area contributed by atoms with Crippen molar-refractivity contribution in [3.05, 3.63) is 0 Å². The Kier molecular flexibility index (Phi) is 6.32. The van der Waals surface area contributed by atoms with E-state index in [4.69, 9.17) is 0 Å². The molecule has 0 aromatic heterocycles. The minimum Gasteiger partial charge on any atom is -0.315 e. The van der Waals surface area contributed by atoms with Gasteiger partial charge in [-0.25, -0.2) is 0 Å². The van der Waals surface area contributed by atoms with Crippen LogP contribution in [-0.2, 0) is 0 Å². The van der Waals surface area contributed by atoms with Crippen LogP contribution >= 0.6 is 0 Å². The van der Waals surface area contributed by atoms with Gasteiger partial charge in [-0.15, -0.1) is 0 Å². The summed E-state index contributed by atoms with van der Waals surface area (Å²) in [5.41, 5.74) is 0. The first kappa shape index (κ1) is 13.9. The van der Waals surface area contributed by atoms with E-state index in [2.05, 4.69) is 43.1 Å². The number of hydrogen-bond donors (Lipinski definition) is 1. The fourth-order valence-electron chi connectivity index (χ4n) is 2.46. The molecule has 0 aromatic carbocycles. The summed E-state index contributed by atoms with van der Waals surface area (Å²) >= 11 is 0. The number of hydrogen-bond acceptors (Lipinski definition) is 3. The SMILES string of the molecule is CCCNCC(C)N1CCC(N(C)C)CC1. The summed E-state index contributed by atoms with van der Waals surface area (Å²) in [6.07, 6.45) is 3.88. The summed E-state index contributed by atoms with van der Waals surface area (Å²) < 4.78 is 0. The molecule has 0 spiro atoms. The van der Waals surface area contributed by atoms with E-state index in [0.29, 0.717) is 6.04 Å². The van der Waals surface area contributed by atoms with E-state index in [1.165, 1.54) is 32.4 Å². The number of nitrogens with one attached hydrogen (secondary N) is 1. The van der Waals surface area contributed by atoms with Crippen LogP contribution in [0.1, 0.15) is 33.1 Å². The van der Waals surface area contributed by atoms with Crippen molar-refractivity contribution < 1.29 is 0 Å². The van der Waals surface area contributed by atoms with Crippen molar-refractivity contribution in [2.24, 2.45) is 0 Å². The van der Waals surface area contributed by atoms with Crippen molar-refractivity contribution in [2.45, 2.75) is 45.2 Å². The van der Waals surface area contributed by atoms with Gasteiger partial charge in [0.2, 0.25) is 0 Å². The van der Waals surface area contributed by atoms with Crippen molar-refractivity contribution in [3.63, 3.8) is 0 Å². The molecule has 1 aliphatic rings. The lowest BCUT2D eigenvalue weighted by Gasteiger charge is -2.38. The topological polar surface area (TPSA) is 18.5 Å². The van der Waals surface area contributed by atoms with Gasteiger partial charge >= 0.3 is 0 Å². The molecule has 1 saturated heterocycles. The summed E-state index contributed by atoms with van der Waals surface area (Å²) in [5, 5.41) is 3.51. The molecular weight excluding hydrogens is 198 g/mol. The number of piperidine rings is 1. The number of rotatable bonds is 6. The first-order chi connectivity index (χ1) is 7.65. The lowest BCUT2D eigenvalue weighted by molar-refractivity contribution is 0.114.